The molecule has 0 aliphatic heterocycles. The zero-order valence-electron chi connectivity index (χ0n) is 11.9. The van der Waals surface area contributed by atoms with Gasteiger partial charge in [-0.1, -0.05) is 19.1 Å². The molecule has 0 spiro atoms. The molecule has 1 heterocycles. The monoisotopic (exact) mass is 267 g/mol. The van der Waals surface area contributed by atoms with Gasteiger partial charge in [0.15, 0.2) is 11.0 Å². The number of rotatable bonds is 4. The summed E-state index contributed by atoms with van der Waals surface area (Å²) in [6, 6.07) is 16.6. The van der Waals surface area contributed by atoms with E-state index < -0.39 is 0 Å². The predicted octanol–water partition coefficient (Wildman–Crippen LogP) is 3.54. The van der Waals surface area contributed by atoms with Gasteiger partial charge in [0.25, 0.3) is 5.82 Å². The third-order valence-corrected chi connectivity index (χ3v) is 3.53. The number of para-hydroxylation sites is 2. The number of methoxy groups -OCH3 is 1. The van der Waals surface area contributed by atoms with Crippen molar-refractivity contribution in [3.8, 4) is 17.1 Å². The maximum atomic E-state index is 5.22. The van der Waals surface area contributed by atoms with Gasteiger partial charge in [-0.25, -0.2) is 9.55 Å². The van der Waals surface area contributed by atoms with E-state index >= 15 is 0 Å². The molecular weight excluding hydrogens is 248 g/mol. The number of benzene rings is 2. The van der Waals surface area contributed by atoms with Gasteiger partial charge in [0.05, 0.1) is 19.2 Å². The second-order valence-corrected chi connectivity index (χ2v) is 4.87. The van der Waals surface area contributed by atoms with Gasteiger partial charge in [-0.05, 0) is 42.8 Å². The number of ether oxygens (including phenoxy) is 1. The molecule has 0 atom stereocenters. The van der Waals surface area contributed by atoms with Gasteiger partial charge >= 0.3 is 0 Å². The number of imidazole rings is 1. The first kappa shape index (κ1) is 12.7. The Hall–Kier alpha value is -2.29. The summed E-state index contributed by atoms with van der Waals surface area (Å²) in [5.41, 5.74) is 3.60. The second kappa shape index (κ2) is 5.37. The molecule has 102 valence electrons. The summed E-state index contributed by atoms with van der Waals surface area (Å²) in [6.45, 7) is 3.21. The van der Waals surface area contributed by atoms with Gasteiger partial charge in [0.1, 0.15) is 5.75 Å². The Morgan fingerprint density at radius 3 is 2.50 bits per heavy atom. The number of nitrogens with zero attached hydrogens (tertiary/aromatic N) is 1. The van der Waals surface area contributed by atoms with Crippen LogP contribution in [0.1, 0.15) is 13.3 Å². The van der Waals surface area contributed by atoms with Crippen molar-refractivity contribution in [2.45, 2.75) is 19.9 Å². The quantitative estimate of drug-likeness (QED) is 0.720. The first-order chi connectivity index (χ1) is 9.83. The minimum atomic E-state index is 0.881. The SMILES string of the molecule is CCC[n+]1c(-c2ccc(OC)cc2)[nH]c2ccccc21. The van der Waals surface area contributed by atoms with Crippen molar-refractivity contribution in [1.82, 2.24) is 4.98 Å². The van der Waals surface area contributed by atoms with E-state index in [1.807, 2.05) is 12.1 Å². The molecule has 20 heavy (non-hydrogen) atoms. The summed E-state index contributed by atoms with van der Waals surface area (Å²) in [5, 5.41) is 0. The lowest BCUT2D eigenvalue weighted by Gasteiger charge is -2.02. The highest BCUT2D eigenvalue weighted by Crippen LogP contribution is 2.21. The van der Waals surface area contributed by atoms with Crippen molar-refractivity contribution in [3.05, 3.63) is 48.5 Å². The minimum absolute atomic E-state index is 0.881. The smallest absolute Gasteiger partial charge is 0.287 e. The van der Waals surface area contributed by atoms with E-state index in [1.165, 1.54) is 16.6 Å². The van der Waals surface area contributed by atoms with Gasteiger partial charge in [0.2, 0.25) is 0 Å². The Balaban J connectivity index is 2.15. The van der Waals surface area contributed by atoms with Crippen molar-refractivity contribution in [2.24, 2.45) is 0 Å². The van der Waals surface area contributed by atoms with Gasteiger partial charge in [-0.2, -0.15) is 0 Å². The highest BCUT2D eigenvalue weighted by molar-refractivity contribution is 5.74. The summed E-state index contributed by atoms with van der Waals surface area (Å²) in [6.07, 6.45) is 1.11. The summed E-state index contributed by atoms with van der Waals surface area (Å²) >= 11 is 0. The van der Waals surface area contributed by atoms with Crippen LogP contribution in [-0.2, 0) is 6.54 Å². The highest BCUT2D eigenvalue weighted by Gasteiger charge is 2.18. The van der Waals surface area contributed by atoms with Crippen molar-refractivity contribution in [3.63, 3.8) is 0 Å². The second-order valence-electron chi connectivity index (χ2n) is 4.87. The summed E-state index contributed by atoms with van der Waals surface area (Å²) in [5.74, 6) is 2.03. The van der Waals surface area contributed by atoms with Crippen LogP contribution in [0, 0.1) is 0 Å². The van der Waals surface area contributed by atoms with Crippen molar-refractivity contribution in [2.75, 3.05) is 7.11 Å². The van der Waals surface area contributed by atoms with Gasteiger partial charge in [0, 0.05) is 0 Å². The number of hydrogen-bond acceptors (Lipinski definition) is 1. The van der Waals surface area contributed by atoms with E-state index in [2.05, 4.69) is 52.9 Å². The fraction of sp³-hybridized carbons (Fsp3) is 0.235. The Morgan fingerprint density at radius 2 is 1.80 bits per heavy atom. The average Bonchev–Trinajstić information content (AvgIpc) is 2.87. The number of aromatic nitrogens is 2. The summed E-state index contributed by atoms with van der Waals surface area (Å²) < 4.78 is 7.57. The number of aryl methyl sites for hydroxylation is 1. The maximum absolute atomic E-state index is 5.22. The lowest BCUT2D eigenvalue weighted by Crippen LogP contribution is -2.34. The normalized spacial score (nSPS) is 10.9. The molecule has 0 unspecified atom stereocenters. The number of nitrogens with one attached hydrogen (secondary N) is 1. The molecule has 0 saturated heterocycles. The zero-order valence-corrected chi connectivity index (χ0v) is 11.9. The molecule has 1 aromatic heterocycles. The molecule has 3 aromatic rings. The van der Waals surface area contributed by atoms with E-state index in [0.717, 1.165) is 24.5 Å². The molecule has 0 amide bonds. The fourth-order valence-corrected chi connectivity index (χ4v) is 2.56. The van der Waals surface area contributed by atoms with Crippen molar-refractivity contribution in [1.29, 1.82) is 0 Å². The number of aromatic amines is 1. The topological polar surface area (TPSA) is 28.9 Å². The van der Waals surface area contributed by atoms with Crippen LogP contribution in [0.3, 0.4) is 0 Å². The Morgan fingerprint density at radius 1 is 1.05 bits per heavy atom. The Labute approximate surface area is 118 Å². The van der Waals surface area contributed by atoms with Crippen LogP contribution in [0.25, 0.3) is 22.4 Å². The minimum Gasteiger partial charge on any atom is -0.497 e. The van der Waals surface area contributed by atoms with Crippen LogP contribution in [-0.4, -0.2) is 12.1 Å². The van der Waals surface area contributed by atoms with Crippen LogP contribution in [0.4, 0.5) is 0 Å². The molecular formula is C17H19N2O+. The van der Waals surface area contributed by atoms with Gasteiger partial charge < -0.3 is 4.74 Å². The first-order valence-electron chi connectivity index (χ1n) is 6.98. The third-order valence-electron chi connectivity index (χ3n) is 3.53. The number of hydrogen-bond donors (Lipinski definition) is 1. The van der Waals surface area contributed by atoms with Crippen molar-refractivity contribution < 1.29 is 9.30 Å². The molecule has 1 N–H and O–H groups in total. The van der Waals surface area contributed by atoms with Crippen LogP contribution in [0.5, 0.6) is 5.75 Å². The number of fused-ring (bicyclic) bond motifs is 1. The van der Waals surface area contributed by atoms with E-state index in [9.17, 15) is 0 Å². The van der Waals surface area contributed by atoms with Crippen LogP contribution in [0.2, 0.25) is 0 Å². The standard InChI is InChI=1S/C17H18N2O/c1-3-12-19-16-7-5-4-6-15(16)18-17(19)13-8-10-14(20-2)11-9-13/h4-11H,3,12H2,1-2H3/p+1. The van der Waals surface area contributed by atoms with Crippen molar-refractivity contribution >= 4 is 11.0 Å². The number of H-pyrrole nitrogens is 1. The first-order valence-corrected chi connectivity index (χ1v) is 6.98. The average molecular weight is 267 g/mol. The van der Waals surface area contributed by atoms with Crippen LogP contribution >= 0.6 is 0 Å². The molecule has 0 fully saturated rings. The predicted molar refractivity (Wildman–Crippen MR) is 80.8 cm³/mol. The molecule has 0 aliphatic rings. The van der Waals surface area contributed by atoms with E-state index in [4.69, 9.17) is 4.74 Å². The fourth-order valence-electron chi connectivity index (χ4n) is 2.56. The molecule has 3 rings (SSSR count). The molecule has 0 saturated carbocycles. The van der Waals surface area contributed by atoms with E-state index in [1.54, 1.807) is 7.11 Å². The highest BCUT2D eigenvalue weighted by atomic mass is 16.5. The Kier molecular flexibility index (Phi) is 3.42. The molecule has 0 radical (unpaired) electrons. The van der Waals surface area contributed by atoms with Crippen LogP contribution < -0.4 is 9.30 Å². The Bertz CT molecular complexity index is 713. The molecule has 0 aliphatic carbocycles. The summed E-state index contributed by atoms with van der Waals surface area (Å²) in [4.78, 5) is 3.52. The van der Waals surface area contributed by atoms with E-state index in [-0.39, 0.29) is 0 Å². The summed E-state index contributed by atoms with van der Waals surface area (Å²) in [7, 11) is 1.69. The van der Waals surface area contributed by atoms with E-state index in [0.29, 0.717) is 0 Å². The largest absolute Gasteiger partial charge is 0.497 e. The lowest BCUT2D eigenvalue weighted by molar-refractivity contribution is -0.660. The third kappa shape index (κ3) is 2.16. The molecule has 3 heteroatoms. The van der Waals surface area contributed by atoms with Gasteiger partial charge in [-0.3, -0.25) is 0 Å². The lowest BCUT2D eigenvalue weighted by atomic mass is 10.2. The van der Waals surface area contributed by atoms with Gasteiger partial charge in [-0.15, -0.1) is 0 Å². The molecule has 3 nitrogen and oxygen atoms in total. The zero-order chi connectivity index (χ0) is 13.9. The van der Waals surface area contributed by atoms with Crippen LogP contribution in [0.15, 0.2) is 48.5 Å². The molecule has 2 aromatic carbocycles. The maximum Gasteiger partial charge on any atom is 0.287 e. The molecule has 0 bridgehead atoms.